The smallest absolute Gasteiger partial charge is 0.170 e. The van der Waals surface area contributed by atoms with E-state index in [4.69, 9.17) is 4.74 Å². The largest absolute Gasteiger partial charge is 0.497 e. The molecule has 1 heterocycles. The molecule has 0 aliphatic carbocycles. The molecule has 14 heavy (non-hydrogen) atoms. The van der Waals surface area contributed by atoms with Crippen molar-refractivity contribution in [2.24, 2.45) is 0 Å². The van der Waals surface area contributed by atoms with Gasteiger partial charge in [-0.1, -0.05) is 0 Å². The van der Waals surface area contributed by atoms with E-state index < -0.39 is 10.7 Å². The first kappa shape index (κ1) is 9.08. The number of benzene rings is 1. The van der Waals surface area contributed by atoms with Crippen LogP contribution in [0, 0.1) is 0 Å². The van der Waals surface area contributed by atoms with Gasteiger partial charge in [-0.15, -0.1) is 0 Å². The highest BCUT2D eigenvalue weighted by atomic mass is 32.2. The molecule has 0 aliphatic heterocycles. The maximum absolute atomic E-state index is 10.8. The van der Waals surface area contributed by atoms with E-state index in [1.807, 2.05) is 0 Å². The molecule has 0 atom stereocenters. The van der Waals surface area contributed by atoms with E-state index in [9.17, 15) is 8.42 Å². The van der Waals surface area contributed by atoms with E-state index in [1.165, 1.54) is 6.20 Å². The summed E-state index contributed by atoms with van der Waals surface area (Å²) in [7, 11) is -0.976. The summed E-state index contributed by atoms with van der Waals surface area (Å²) < 4.78 is 26.7. The molecule has 0 bridgehead atoms. The lowest BCUT2D eigenvalue weighted by atomic mass is 10.2. The standard InChI is InChI=1S/C9H9NO3S/c1-13-6-2-3-7-8(4-6)10-5-9(7)14(11)12/h2-5,10,14H,1H3. The van der Waals surface area contributed by atoms with Crippen molar-refractivity contribution in [3.8, 4) is 5.75 Å². The second kappa shape index (κ2) is 3.34. The summed E-state index contributed by atoms with van der Waals surface area (Å²) in [4.78, 5) is 3.20. The summed E-state index contributed by atoms with van der Waals surface area (Å²) in [6.07, 6.45) is 1.48. The third-order valence-corrected chi connectivity index (χ3v) is 2.83. The van der Waals surface area contributed by atoms with Gasteiger partial charge in [0.25, 0.3) is 0 Å². The van der Waals surface area contributed by atoms with Crippen LogP contribution < -0.4 is 4.74 Å². The fourth-order valence-electron chi connectivity index (χ4n) is 1.37. The molecule has 1 N–H and O–H groups in total. The maximum Gasteiger partial charge on any atom is 0.170 e. The Kier molecular flexibility index (Phi) is 2.17. The topological polar surface area (TPSA) is 59.2 Å². The lowest BCUT2D eigenvalue weighted by molar-refractivity contribution is 0.415. The lowest BCUT2D eigenvalue weighted by Gasteiger charge is -1.98. The van der Waals surface area contributed by atoms with Crippen LogP contribution in [-0.4, -0.2) is 20.5 Å². The molecule has 1 aromatic carbocycles. The molecule has 0 spiro atoms. The molecule has 0 aliphatic rings. The lowest BCUT2D eigenvalue weighted by Crippen LogP contribution is -1.82. The molecule has 0 unspecified atom stereocenters. The van der Waals surface area contributed by atoms with Gasteiger partial charge in [-0.2, -0.15) is 0 Å². The van der Waals surface area contributed by atoms with Crippen LogP contribution in [0.1, 0.15) is 0 Å². The molecule has 1 aromatic heterocycles. The van der Waals surface area contributed by atoms with E-state index in [2.05, 4.69) is 4.98 Å². The summed E-state index contributed by atoms with van der Waals surface area (Å²) in [5.74, 6) is 0.701. The van der Waals surface area contributed by atoms with Crippen molar-refractivity contribution in [2.75, 3.05) is 7.11 Å². The molecule has 4 nitrogen and oxygen atoms in total. The van der Waals surface area contributed by atoms with Gasteiger partial charge in [-0.05, 0) is 12.1 Å². The van der Waals surface area contributed by atoms with E-state index >= 15 is 0 Å². The third-order valence-electron chi connectivity index (χ3n) is 2.06. The van der Waals surface area contributed by atoms with Gasteiger partial charge in [-0.25, -0.2) is 8.42 Å². The minimum atomic E-state index is -2.54. The first-order valence-electron chi connectivity index (χ1n) is 4.02. The average Bonchev–Trinajstić information content (AvgIpc) is 2.59. The van der Waals surface area contributed by atoms with Gasteiger partial charge < -0.3 is 9.72 Å². The molecule has 0 fully saturated rings. The Morgan fingerprint density at radius 3 is 2.79 bits per heavy atom. The van der Waals surface area contributed by atoms with Gasteiger partial charge in [0, 0.05) is 17.6 Å². The van der Waals surface area contributed by atoms with Crippen molar-refractivity contribution >= 4 is 21.6 Å². The number of aromatic amines is 1. The third kappa shape index (κ3) is 1.35. The number of ether oxygens (including phenoxy) is 1. The first-order valence-corrected chi connectivity index (χ1v) is 5.19. The maximum atomic E-state index is 10.8. The van der Waals surface area contributed by atoms with Gasteiger partial charge in [0.05, 0.1) is 17.5 Å². The van der Waals surface area contributed by atoms with E-state index in [0.717, 1.165) is 5.52 Å². The summed E-state index contributed by atoms with van der Waals surface area (Å²) >= 11 is 0. The quantitative estimate of drug-likeness (QED) is 0.732. The van der Waals surface area contributed by atoms with Gasteiger partial charge >= 0.3 is 0 Å². The fraction of sp³-hybridized carbons (Fsp3) is 0.111. The molecule has 0 amide bonds. The Bertz CT molecular complexity index is 534. The number of nitrogens with one attached hydrogen (secondary N) is 1. The monoisotopic (exact) mass is 211 g/mol. The van der Waals surface area contributed by atoms with Crippen LogP contribution in [-0.2, 0) is 10.7 Å². The molecule has 74 valence electrons. The normalized spacial score (nSPS) is 11.0. The molecule has 2 rings (SSSR count). The molecule has 0 saturated carbocycles. The Hall–Kier alpha value is -1.49. The van der Waals surface area contributed by atoms with Crippen LogP contribution >= 0.6 is 0 Å². The highest BCUT2D eigenvalue weighted by Gasteiger charge is 2.05. The number of thiol groups is 1. The van der Waals surface area contributed by atoms with Crippen molar-refractivity contribution in [1.82, 2.24) is 4.98 Å². The Morgan fingerprint density at radius 1 is 1.36 bits per heavy atom. The van der Waals surface area contributed by atoms with E-state index in [0.29, 0.717) is 16.0 Å². The predicted octanol–water partition coefficient (Wildman–Crippen LogP) is 1.15. The highest BCUT2D eigenvalue weighted by Crippen LogP contribution is 2.23. The highest BCUT2D eigenvalue weighted by molar-refractivity contribution is 7.72. The zero-order chi connectivity index (χ0) is 10.1. The van der Waals surface area contributed by atoms with E-state index in [-0.39, 0.29) is 0 Å². The minimum absolute atomic E-state index is 0.317. The van der Waals surface area contributed by atoms with Crippen molar-refractivity contribution in [3.63, 3.8) is 0 Å². The SMILES string of the molecule is COc1ccc2c([SH](=O)=O)c[nH]c2c1. The van der Waals surface area contributed by atoms with Gasteiger partial charge in [0.1, 0.15) is 5.75 Å². The molecule has 2 aromatic rings. The average molecular weight is 211 g/mol. The van der Waals surface area contributed by atoms with Crippen molar-refractivity contribution in [3.05, 3.63) is 24.4 Å². The number of rotatable bonds is 2. The zero-order valence-electron chi connectivity index (χ0n) is 7.48. The predicted molar refractivity (Wildman–Crippen MR) is 53.4 cm³/mol. The molecular formula is C9H9NO3S. The first-order chi connectivity index (χ1) is 6.72. The number of aromatic nitrogens is 1. The van der Waals surface area contributed by atoms with E-state index in [1.54, 1.807) is 25.3 Å². The minimum Gasteiger partial charge on any atom is -0.497 e. The molecule has 5 heteroatoms. The van der Waals surface area contributed by atoms with Gasteiger partial charge in [0.2, 0.25) is 0 Å². The second-order valence-electron chi connectivity index (χ2n) is 2.84. The van der Waals surface area contributed by atoms with Crippen LogP contribution in [0.15, 0.2) is 29.3 Å². The van der Waals surface area contributed by atoms with Gasteiger partial charge in [0.15, 0.2) is 10.7 Å². The fourth-order valence-corrected chi connectivity index (χ4v) is 1.93. The molecular weight excluding hydrogens is 202 g/mol. The van der Waals surface area contributed by atoms with Crippen LogP contribution in [0.5, 0.6) is 5.75 Å². The summed E-state index contributed by atoms with van der Waals surface area (Å²) in [6, 6.07) is 5.22. The second-order valence-corrected chi connectivity index (χ2v) is 3.84. The van der Waals surface area contributed by atoms with Crippen molar-refractivity contribution < 1.29 is 13.2 Å². The zero-order valence-corrected chi connectivity index (χ0v) is 8.38. The van der Waals surface area contributed by atoms with Gasteiger partial charge in [-0.3, -0.25) is 0 Å². The van der Waals surface area contributed by atoms with Crippen LogP contribution in [0.3, 0.4) is 0 Å². The van der Waals surface area contributed by atoms with Crippen molar-refractivity contribution in [2.45, 2.75) is 4.90 Å². The van der Waals surface area contributed by atoms with Crippen LogP contribution in [0.2, 0.25) is 0 Å². The number of fused-ring (bicyclic) bond motifs is 1. The number of H-pyrrole nitrogens is 1. The Morgan fingerprint density at radius 2 is 2.14 bits per heavy atom. The Balaban J connectivity index is 2.71. The number of methoxy groups -OCH3 is 1. The number of hydrogen-bond acceptors (Lipinski definition) is 3. The van der Waals surface area contributed by atoms with Crippen molar-refractivity contribution in [1.29, 1.82) is 0 Å². The number of hydrogen-bond donors (Lipinski definition) is 2. The Labute approximate surface area is 82.5 Å². The molecule has 0 radical (unpaired) electrons. The molecule has 0 saturated heterocycles. The summed E-state index contributed by atoms with van der Waals surface area (Å²) in [5, 5.41) is 0.696. The van der Waals surface area contributed by atoms with Crippen LogP contribution in [0.25, 0.3) is 10.9 Å². The van der Waals surface area contributed by atoms with Crippen LogP contribution in [0.4, 0.5) is 0 Å². The summed E-state index contributed by atoms with van der Waals surface area (Å²) in [6.45, 7) is 0. The summed E-state index contributed by atoms with van der Waals surface area (Å²) in [5.41, 5.74) is 0.763.